The van der Waals surface area contributed by atoms with Crippen LogP contribution in [0.15, 0.2) is 42.5 Å². The highest BCUT2D eigenvalue weighted by atomic mass is 127. The lowest BCUT2D eigenvalue weighted by Gasteiger charge is -2.41. The minimum absolute atomic E-state index is 0.196. The normalized spacial score (nSPS) is 20.1. The molecule has 1 amide bonds. The number of rotatable bonds is 0. The molecule has 0 fully saturated rings. The van der Waals surface area contributed by atoms with Gasteiger partial charge in [0, 0.05) is 15.7 Å². The van der Waals surface area contributed by atoms with Crippen molar-refractivity contribution < 1.29 is 4.79 Å². The molecule has 0 N–H and O–H groups in total. The number of fused-ring (bicyclic) bond motifs is 4. The van der Waals surface area contributed by atoms with Gasteiger partial charge < -0.3 is 4.90 Å². The van der Waals surface area contributed by atoms with E-state index in [-0.39, 0.29) is 11.9 Å². The van der Waals surface area contributed by atoms with Crippen molar-refractivity contribution in [2.45, 2.75) is 18.9 Å². The molecule has 1 atom stereocenters. The summed E-state index contributed by atoms with van der Waals surface area (Å²) >= 11 is 2.32. The highest BCUT2D eigenvalue weighted by molar-refractivity contribution is 14.1. The zero-order valence-electron chi connectivity index (χ0n) is 11.0. The third-order valence-electron chi connectivity index (χ3n) is 4.38. The second-order valence-corrected chi connectivity index (χ2v) is 6.71. The van der Waals surface area contributed by atoms with Crippen LogP contribution in [-0.4, -0.2) is 17.4 Å². The monoisotopic (exact) mass is 375 g/mol. The molecular weight excluding hydrogens is 361 g/mol. The Labute approximate surface area is 131 Å². The average molecular weight is 375 g/mol. The summed E-state index contributed by atoms with van der Waals surface area (Å²) in [6, 6.07) is 14.9. The van der Waals surface area contributed by atoms with Crippen LogP contribution in [0.3, 0.4) is 0 Å². The fourth-order valence-corrected chi connectivity index (χ4v) is 3.97. The smallest absolute Gasteiger partial charge is 0.254 e. The Morgan fingerprint density at radius 3 is 2.85 bits per heavy atom. The van der Waals surface area contributed by atoms with Crippen molar-refractivity contribution in [3.63, 3.8) is 0 Å². The second kappa shape index (κ2) is 4.58. The number of benzene rings is 2. The first-order chi connectivity index (χ1) is 9.74. The fourth-order valence-electron chi connectivity index (χ4n) is 3.42. The van der Waals surface area contributed by atoms with Crippen LogP contribution < -0.4 is 0 Å². The van der Waals surface area contributed by atoms with Crippen molar-refractivity contribution in [1.82, 2.24) is 4.90 Å². The lowest BCUT2D eigenvalue weighted by atomic mass is 9.84. The van der Waals surface area contributed by atoms with Crippen molar-refractivity contribution in [2.24, 2.45) is 0 Å². The van der Waals surface area contributed by atoms with Gasteiger partial charge in [-0.2, -0.15) is 0 Å². The Balaban J connectivity index is 1.85. The third-order valence-corrected chi connectivity index (χ3v) is 5.06. The number of nitrogens with zero attached hydrogens (tertiary/aromatic N) is 1. The van der Waals surface area contributed by atoms with E-state index in [0.717, 1.165) is 24.9 Å². The van der Waals surface area contributed by atoms with Crippen molar-refractivity contribution in [3.8, 4) is 0 Å². The van der Waals surface area contributed by atoms with Gasteiger partial charge in [0.25, 0.3) is 5.91 Å². The SMILES string of the molecule is O=C1c2ccc(I)cc2C[C@H]2c3ccccc3CCN12. The summed E-state index contributed by atoms with van der Waals surface area (Å²) in [7, 11) is 0. The molecule has 2 aliphatic heterocycles. The first-order valence-electron chi connectivity index (χ1n) is 6.91. The number of hydrogen-bond acceptors (Lipinski definition) is 1. The Hall–Kier alpha value is -1.36. The molecule has 2 aromatic rings. The predicted molar refractivity (Wildman–Crippen MR) is 86.8 cm³/mol. The molecular formula is C17H14INO. The van der Waals surface area contributed by atoms with Crippen LogP contribution in [0.25, 0.3) is 0 Å². The maximum absolute atomic E-state index is 12.7. The number of amides is 1. The maximum atomic E-state index is 12.7. The molecule has 2 aromatic carbocycles. The Morgan fingerprint density at radius 2 is 1.95 bits per heavy atom. The lowest BCUT2D eigenvalue weighted by Crippen LogP contribution is -2.44. The Morgan fingerprint density at radius 1 is 1.10 bits per heavy atom. The van der Waals surface area contributed by atoms with E-state index < -0.39 is 0 Å². The minimum Gasteiger partial charge on any atom is -0.331 e. The van der Waals surface area contributed by atoms with Crippen LogP contribution in [0.4, 0.5) is 0 Å². The summed E-state index contributed by atoms with van der Waals surface area (Å²) in [5.74, 6) is 0.196. The molecule has 0 radical (unpaired) electrons. The number of halogens is 1. The van der Waals surface area contributed by atoms with Crippen molar-refractivity contribution >= 4 is 28.5 Å². The van der Waals surface area contributed by atoms with Gasteiger partial charge in [-0.3, -0.25) is 4.79 Å². The van der Waals surface area contributed by atoms with Gasteiger partial charge in [0.2, 0.25) is 0 Å². The zero-order valence-corrected chi connectivity index (χ0v) is 13.1. The molecule has 0 bridgehead atoms. The summed E-state index contributed by atoms with van der Waals surface area (Å²) in [5, 5.41) is 0. The number of hydrogen-bond donors (Lipinski definition) is 0. The van der Waals surface area contributed by atoms with Crippen LogP contribution in [0.1, 0.15) is 33.1 Å². The molecule has 3 heteroatoms. The van der Waals surface area contributed by atoms with Gasteiger partial charge in [-0.15, -0.1) is 0 Å². The van der Waals surface area contributed by atoms with Gasteiger partial charge in [0.15, 0.2) is 0 Å². The van der Waals surface area contributed by atoms with Gasteiger partial charge in [-0.25, -0.2) is 0 Å². The molecule has 0 unspecified atom stereocenters. The average Bonchev–Trinajstić information content (AvgIpc) is 2.47. The van der Waals surface area contributed by atoms with Crippen molar-refractivity contribution in [2.75, 3.05) is 6.54 Å². The molecule has 2 aliphatic rings. The molecule has 0 spiro atoms. The standard InChI is InChI=1S/C17H14INO/c18-13-5-6-15-12(9-13)10-16-14-4-2-1-3-11(14)7-8-19(16)17(15)20/h1-6,9,16H,7-8,10H2/t16-/m0/s1. The molecule has 2 nitrogen and oxygen atoms in total. The van der Waals surface area contributed by atoms with E-state index >= 15 is 0 Å². The summed E-state index contributed by atoms with van der Waals surface area (Å²) in [6.45, 7) is 0.839. The second-order valence-electron chi connectivity index (χ2n) is 5.47. The van der Waals surface area contributed by atoms with E-state index in [2.05, 4.69) is 57.8 Å². The molecule has 0 aromatic heterocycles. The fraction of sp³-hybridized carbons (Fsp3) is 0.235. The zero-order chi connectivity index (χ0) is 13.7. The first kappa shape index (κ1) is 12.4. The molecule has 100 valence electrons. The van der Waals surface area contributed by atoms with Crippen LogP contribution in [0, 0.1) is 3.57 Å². The van der Waals surface area contributed by atoms with E-state index in [1.807, 2.05) is 12.1 Å². The van der Waals surface area contributed by atoms with E-state index in [1.165, 1.54) is 20.3 Å². The molecule has 0 aliphatic carbocycles. The minimum atomic E-state index is 0.196. The van der Waals surface area contributed by atoms with Gasteiger partial charge in [-0.05, 0) is 70.3 Å². The quantitative estimate of drug-likeness (QED) is 0.645. The lowest BCUT2D eigenvalue weighted by molar-refractivity contribution is 0.0632. The van der Waals surface area contributed by atoms with E-state index in [1.54, 1.807) is 0 Å². The molecule has 0 saturated heterocycles. The predicted octanol–water partition coefficient (Wildman–Crippen LogP) is 3.59. The number of carbonyl (C=O) groups is 1. The summed E-state index contributed by atoms with van der Waals surface area (Å²) < 4.78 is 1.20. The van der Waals surface area contributed by atoms with Gasteiger partial charge in [0.05, 0.1) is 6.04 Å². The number of carbonyl (C=O) groups excluding carboxylic acids is 1. The third kappa shape index (κ3) is 1.79. The van der Waals surface area contributed by atoms with Gasteiger partial charge in [-0.1, -0.05) is 24.3 Å². The summed E-state index contributed by atoms with van der Waals surface area (Å²) in [5.41, 5.74) is 4.81. The van der Waals surface area contributed by atoms with Crippen molar-refractivity contribution in [3.05, 3.63) is 68.3 Å². The van der Waals surface area contributed by atoms with Gasteiger partial charge in [0.1, 0.15) is 0 Å². The topological polar surface area (TPSA) is 20.3 Å². The summed E-state index contributed by atoms with van der Waals surface area (Å²) in [6.07, 6.45) is 1.91. The van der Waals surface area contributed by atoms with Crippen LogP contribution in [0.2, 0.25) is 0 Å². The van der Waals surface area contributed by atoms with E-state index in [9.17, 15) is 4.79 Å². The molecule has 0 saturated carbocycles. The molecule has 4 rings (SSSR count). The Bertz CT molecular complexity index is 710. The van der Waals surface area contributed by atoms with Gasteiger partial charge >= 0.3 is 0 Å². The van der Waals surface area contributed by atoms with Crippen molar-refractivity contribution in [1.29, 1.82) is 0 Å². The highest BCUT2D eigenvalue weighted by Gasteiger charge is 2.36. The highest BCUT2D eigenvalue weighted by Crippen LogP contribution is 2.38. The van der Waals surface area contributed by atoms with E-state index in [4.69, 9.17) is 0 Å². The van der Waals surface area contributed by atoms with Crippen LogP contribution >= 0.6 is 22.6 Å². The molecule has 2 heterocycles. The maximum Gasteiger partial charge on any atom is 0.254 e. The summed E-state index contributed by atoms with van der Waals surface area (Å²) in [4.78, 5) is 14.7. The largest absolute Gasteiger partial charge is 0.331 e. The molecule has 20 heavy (non-hydrogen) atoms. The van der Waals surface area contributed by atoms with Crippen LogP contribution in [-0.2, 0) is 12.8 Å². The van der Waals surface area contributed by atoms with E-state index in [0.29, 0.717) is 0 Å². The Kier molecular flexibility index (Phi) is 2.84. The first-order valence-corrected chi connectivity index (χ1v) is 7.99. The van der Waals surface area contributed by atoms with Crippen LogP contribution in [0.5, 0.6) is 0 Å².